The number of likely N-dealkylation sites (tertiary alicyclic amines) is 1. The quantitative estimate of drug-likeness (QED) is 0.692. The van der Waals surface area contributed by atoms with Crippen molar-refractivity contribution in [3.05, 3.63) is 60.2 Å². The molecule has 0 N–H and O–H groups in total. The number of amides is 1. The second kappa shape index (κ2) is 7.75. The van der Waals surface area contributed by atoms with Crippen molar-refractivity contribution in [3.63, 3.8) is 0 Å². The minimum Gasteiger partial charge on any atom is -0.355 e. The lowest BCUT2D eigenvalue weighted by Gasteiger charge is -2.36. The van der Waals surface area contributed by atoms with Crippen LogP contribution in [0.15, 0.2) is 53.2 Å². The van der Waals surface area contributed by atoms with Gasteiger partial charge in [-0.15, -0.1) is 5.10 Å². The van der Waals surface area contributed by atoms with Crippen molar-refractivity contribution in [3.8, 4) is 11.3 Å². The van der Waals surface area contributed by atoms with E-state index in [-0.39, 0.29) is 17.4 Å². The molecule has 1 aliphatic heterocycles. The van der Waals surface area contributed by atoms with E-state index in [1.54, 1.807) is 29.3 Å². The van der Waals surface area contributed by atoms with Crippen LogP contribution in [0.2, 0.25) is 0 Å². The largest absolute Gasteiger partial charge is 0.355 e. The van der Waals surface area contributed by atoms with Crippen LogP contribution < -0.4 is 4.90 Å². The van der Waals surface area contributed by atoms with Crippen molar-refractivity contribution in [1.82, 2.24) is 20.3 Å². The van der Waals surface area contributed by atoms with Gasteiger partial charge in [-0.05, 0) is 49.2 Å². The van der Waals surface area contributed by atoms with Crippen molar-refractivity contribution in [2.24, 2.45) is 0 Å². The molecule has 1 aromatic carbocycles. The summed E-state index contributed by atoms with van der Waals surface area (Å²) in [5.74, 6) is 0.792. The van der Waals surface area contributed by atoms with Crippen LogP contribution in [0.25, 0.3) is 11.3 Å². The van der Waals surface area contributed by atoms with E-state index in [4.69, 9.17) is 4.52 Å². The number of carbonyl (C=O) groups is 1. The molecule has 4 rings (SSSR count). The number of hydrogen-bond donors (Lipinski definition) is 0. The number of benzene rings is 1. The lowest BCUT2D eigenvalue weighted by atomic mass is 10.0. The normalized spacial score (nSPS) is 14.9. The molecule has 1 fully saturated rings. The number of rotatable bonds is 4. The number of piperidine rings is 1. The molecule has 1 saturated heterocycles. The van der Waals surface area contributed by atoms with Crippen molar-refractivity contribution in [1.29, 1.82) is 0 Å². The predicted octanol–water partition coefficient (Wildman–Crippen LogP) is 3.01. The summed E-state index contributed by atoms with van der Waals surface area (Å²) >= 11 is 0. The molecule has 3 heterocycles. The van der Waals surface area contributed by atoms with Crippen molar-refractivity contribution in [2.45, 2.75) is 18.9 Å². The van der Waals surface area contributed by atoms with Gasteiger partial charge in [-0.3, -0.25) is 4.79 Å². The highest BCUT2D eigenvalue weighted by Gasteiger charge is 2.28. The predicted molar refractivity (Wildman–Crippen MR) is 101 cm³/mol. The maximum absolute atomic E-state index is 13.1. The molecule has 0 spiro atoms. The molecular formula is C20H20FN5O2. The molecule has 0 unspecified atom stereocenters. The number of aromatic nitrogens is 3. The molecule has 144 valence electrons. The molecule has 3 aromatic rings. The van der Waals surface area contributed by atoms with Crippen LogP contribution in [0.5, 0.6) is 0 Å². The molecule has 0 radical (unpaired) electrons. The molecule has 2 aromatic heterocycles. The van der Waals surface area contributed by atoms with E-state index in [1.807, 2.05) is 19.2 Å². The van der Waals surface area contributed by atoms with Gasteiger partial charge in [-0.25, -0.2) is 4.39 Å². The maximum Gasteiger partial charge on any atom is 0.276 e. The Labute approximate surface area is 161 Å². The Morgan fingerprint density at radius 3 is 2.64 bits per heavy atom. The first kappa shape index (κ1) is 18.1. The summed E-state index contributed by atoms with van der Waals surface area (Å²) < 4.78 is 18.3. The van der Waals surface area contributed by atoms with Crippen LogP contribution in [0.1, 0.15) is 23.3 Å². The fraction of sp³-hybridized carbons (Fsp3) is 0.300. The average molecular weight is 381 g/mol. The van der Waals surface area contributed by atoms with Gasteiger partial charge in [0.1, 0.15) is 5.82 Å². The van der Waals surface area contributed by atoms with Crippen molar-refractivity contribution >= 4 is 11.7 Å². The van der Waals surface area contributed by atoms with Gasteiger partial charge in [-0.2, -0.15) is 5.10 Å². The molecule has 0 saturated carbocycles. The number of nitrogens with zero attached hydrogens (tertiary/aromatic N) is 5. The van der Waals surface area contributed by atoms with Gasteiger partial charge in [0, 0.05) is 44.0 Å². The van der Waals surface area contributed by atoms with E-state index < -0.39 is 0 Å². The second-order valence-electron chi connectivity index (χ2n) is 6.80. The third-order valence-corrected chi connectivity index (χ3v) is 5.08. The van der Waals surface area contributed by atoms with Gasteiger partial charge < -0.3 is 14.3 Å². The third kappa shape index (κ3) is 3.71. The summed E-state index contributed by atoms with van der Waals surface area (Å²) in [6.07, 6.45) is 3.32. The summed E-state index contributed by atoms with van der Waals surface area (Å²) in [5, 5.41) is 12.0. The zero-order chi connectivity index (χ0) is 19.5. The van der Waals surface area contributed by atoms with Gasteiger partial charge in [0.05, 0.1) is 0 Å². The Bertz CT molecular complexity index is 937. The van der Waals surface area contributed by atoms with E-state index in [9.17, 15) is 9.18 Å². The van der Waals surface area contributed by atoms with E-state index in [1.165, 1.54) is 12.1 Å². The Hall–Kier alpha value is -3.29. The van der Waals surface area contributed by atoms with Gasteiger partial charge in [0.15, 0.2) is 17.3 Å². The Balaban J connectivity index is 1.38. The summed E-state index contributed by atoms with van der Waals surface area (Å²) in [4.78, 5) is 16.6. The molecule has 0 atom stereocenters. The molecule has 28 heavy (non-hydrogen) atoms. The minimum absolute atomic E-state index is 0.155. The van der Waals surface area contributed by atoms with Crippen molar-refractivity contribution < 1.29 is 13.7 Å². The highest BCUT2D eigenvalue weighted by Crippen LogP contribution is 2.24. The smallest absolute Gasteiger partial charge is 0.276 e. The van der Waals surface area contributed by atoms with E-state index in [0.717, 1.165) is 18.7 Å². The van der Waals surface area contributed by atoms with Crippen LogP contribution in [0.4, 0.5) is 10.2 Å². The molecule has 8 heteroatoms. The van der Waals surface area contributed by atoms with E-state index in [2.05, 4.69) is 20.3 Å². The maximum atomic E-state index is 13.1. The number of hydrogen-bond acceptors (Lipinski definition) is 6. The van der Waals surface area contributed by atoms with Gasteiger partial charge in [0.2, 0.25) is 0 Å². The number of anilines is 1. The summed E-state index contributed by atoms with van der Waals surface area (Å²) in [7, 11) is 2.00. The minimum atomic E-state index is -0.325. The van der Waals surface area contributed by atoms with Crippen LogP contribution >= 0.6 is 0 Å². The first-order valence-electron chi connectivity index (χ1n) is 9.14. The molecular weight excluding hydrogens is 361 g/mol. The van der Waals surface area contributed by atoms with Crippen molar-refractivity contribution in [2.75, 3.05) is 25.0 Å². The van der Waals surface area contributed by atoms with Gasteiger partial charge in [-0.1, -0.05) is 5.16 Å². The van der Waals surface area contributed by atoms with Crippen LogP contribution in [0, 0.1) is 5.82 Å². The van der Waals surface area contributed by atoms with Gasteiger partial charge in [0.25, 0.3) is 5.91 Å². The second-order valence-corrected chi connectivity index (χ2v) is 6.80. The molecule has 0 bridgehead atoms. The SMILES string of the molecule is CN(c1cccnn1)C1CCN(C(=O)c2cc(-c3ccc(F)cc3)on2)CC1. The Kier molecular flexibility index (Phi) is 5.01. The van der Waals surface area contributed by atoms with Gasteiger partial charge >= 0.3 is 0 Å². The lowest BCUT2D eigenvalue weighted by molar-refractivity contribution is 0.0702. The molecule has 7 nitrogen and oxygen atoms in total. The molecule has 1 amide bonds. The van der Waals surface area contributed by atoms with Crippen LogP contribution in [-0.4, -0.2) is 52.3 Å². The summed E-state index contributed by atoms with van der Waals surface area (Å²) in [6, 6.07) is 11.6. The first-order chi connectivity index (χ1) is 13.6. The van der Waals surface area contributed by atoms with E-state index in [0.29, 0.717) is 30.5 Å². The standard InChI is InChI=1S/C20H20FN5O2/c1-25(19-3-2-10-22-23-19)16-8-11-26(12-9-16)20(27)17-13-18(28-24-17)14-4-6-15(21)7-5-14/h2-7,10,13,16H,8-9,11-12H2,1H3. The Morgan fingerprint density at radius 1 is 1.21 bits per heavy atom. The zero-order valence-electron chi connectivity index (χ0n) is 15.5. The average Bonchev–Trinajstić information content (AvgIpc) is 3.24. The monoisotopic (exact) mass is 381 g/mol. The number of halogens is 1. The third-order valence-electron chi connectivity index (χ3n) is 5.08. The first-order valence-corrected chi connectivity index (χ1v) is 9.14. The topological polar surface area (TPSA) is 75.4 Å². The molecule has 1 aliphatic rings. The summed E-state index contributed by atoms with van der Waals surface area (Å²) in [5.41, 5.74) is 0.942. The highest BCUT2D eigenvalue weighted by atomic mass is 19.1. The number of carbonyl (C=O) groups excluding carboxylic acids is 1. The Morgan fingerprint density at radius 2 is 1.96 bits per heavy atom. The summed E-state index contributed by atoms with van der Waals surface area (Å²) in [6.45, 7) is 1.26. The highest BCUT2D eigenvalue weighted by molar-refractivity contribution is 5.93. The fourth-order valence-electron chi connectivity index (χ4n) is 3.41. The molecule has 0 aliphatic carbocycles. The van der Waals surface area contributed by atoms with E-state index >= 15 is 0 Å². The lowest BCUT2D eigenvalue weighted by Crippen LogP contribution is -2.46. The zero-order valence-corrected chi connectivity index (χ0v) is 15.5. The fourth-order valence-corrected chi connectivity index (χ4v) is 3.41. The van der Waals surface area contributed by atoms with Crippen LogP contribution in [0.3, 0.4) is 0 Å². The van der Waals surface area contributed by atoms with Crippen LogP contribution in [-0.2, 0) is 0 Å².